The van der Waals surface area contributed by atoms with Crippen LogP contribution in [0, 0.1) is 11.8 Å². The van der Waals surface area contributed by atoms with E-state index in [4.69, 9.17) is 0 Å². The third kappa shape index (κ3) is 1.81. The highest BCUT2D eigenvalue weighted by molar-refractivity contribution is 5.36. The van der Waals surface area contributed by atoms with Gasteiger partial charge < -0.3 is 4.90 Å². The number of allylic oxidation sites excluding steroid dienone is 2. The van der Waals surface area contributed by atoms with Crippen LogP contribution in [0.1, 0.15) is 53.9 Å². The average molecular weight is 251 g/mol. The van der Waals surface area contributed by atoms with Crippen LogP contribution in [0.5, 0.6) is 0 Å². The molecule has 0 fully saturated rings. The predicted molar refractivity (Wildman–Crippen MR) is 74.8 cm³/mol. The van der Waals surface area contributed by atoms with Gasteiger partial charge in [-0.1, -0.05) is 27.4 Å². The number of nitrogens with zero attached hydrogens (tertiary/aromatic N) is 1. The third-order valence-corrected chi connectivity index (χ3v) is 4.86. The molecule has 18 heavy (non-hydrogen) atoms. The van der Waals surface area contributed by atoms with Gasteiger partial charge in [-0.05, 0) is 38.2 Å². The zero-order valence-corrected chi connectivity index (χ0v) is 12.4. The molecule has 1 nitrogen and oxygen atoms in total. The summed E-state index contributed by atoms with van der Waals surface area (Å²) in [6.07, 6.45) is 2.39. The number of hydrogen-bond acceptors (Lipinski definition) is 1. The van der Waals surface area contributed by atoms with E-state index in [0.29, 0.717) is 12.5 Å². The SMILES string of the molecule is C=C1CC2=C(CCC(F)(C(C)C)C2C)N1C(C)C. The quantitative estimate of drug-likeness (QED) is 0.689. The van der Waals surface area contributed by atoms with Crippen LogP contribution >= 0.6 is 0 Å². The molecule has 2 rings (SSSR count). The van der Waals surface area contributed by atoms with E-state index in [1.54, 1.807) is 0 Å². The number of halogens is 1. The lowest BCUT2D eigenvalue weighted by atomic mass is 9.70. The van der Waals surface area contributed by atoms with Gasteiger partial charge in [-0.2, -0.15) is 0 Å². The first-order valence-electron chi connectivity index (χ1n) is 7.16. The van der Waals surface area contributed by atoms with Crippen molar-refractivity contribution in [1.82, 2.24) is 4.90 Å². The van der Waals surface area contributed by atoms with Gasteiger partial charge >= 0.3 is 0 Å². The summed E-state index contributed by atoms with van der Waals surface area (Å²) < 4.78 is 15.1. The van der Waals surface area contributed by atoms with Gasteiger partial charge in [0.1, 0.15) is 5.67 Å². The highest BCUT2D eigenvalue weighted by atomic mass is 19.1. The first kappa shape index (κ1) is 13.6. The zero-order valence-electron chi connectivity index (χ0n) is 12.4. The maximum atomic E-state index is 15.1. The second-order valence-corrected chi connectivity index (χ2v) is 6.48. The standard InChI is InChI=1S/C16H26FN/c1-10(2)16(17)8-7-15-14(13(16)6)9-12(5)18(15)11(3)4/h10-11,13H,5,7-9H2,1-4,6H3. The van der Waals surface area contributed by atoms with Crippen LogP contribution in [-0.4, -0.2) is 16.6 Å². The van der Waals surface area contributed by atoms with E-state index in [9.17, 15) is 0 Å². The predicted octanol–water partition coefficient (Wildman–Crippen LogP) is 4.66. The molecule has 0 saturated heterocycles. The lowest BCUT2D eigenvalue weighted by molar-refractivity contribution is 0.0343. The monoisotopic (exact) mass is 251 g/mol. The normalized spacial score (nSPS) is 32.8. The molecule has 0 spiro atoms. The smallest absolute Gasteiger partial charge is 0.120 e. The van der Waals surface area contributed by atoms with Gasteiger partial charge in [0, 0.05) is 29.8 Å². The van der Waals surface area contributed by atoms with Crippen molar-refractivity contribution in [3.63, 3.8) is 0 Å². The molecule has 0 amide bonds. The summed E-state index contributed by atoms with van der Waals surface area (Å²) in [4.78, 5) is 2.33. The Labute approximate surface area is 111 Å². The number of alkyl halides is 1. The zero-order chi connectivity index (χ0) is 13.7. The molecule has 2 heteroatoms. The van der Waals surface area contributed by atoms with E-state index in [0.717, 1.165) is 18.5 Å². The van der Waals surface area contributed by atoms with E-state index in [1.165, 1.54) is 11.3 Å². The lowest BCUT2D eigenvalue weighted by Gasteiger charge is -2.41. The largest absolute Gasteiger partial charge is 0.346 e. The molecule has 2 unspecified atom stereocenters. The van der Waals surface area contributed by atoms with E-state index < -0.39 is 5.67 Å². The summed E-state index contributed by atoms with van der Waals surface area (Å²) in [5.74, 6) is 0.115. The fraction of sp³-hybridized carbons (Fsp3) is 0.750. The van der Waals surface area contributed by atoms with Gasteiger partial charge in [0.25, 0.3) is 0 Å². The topological polar surface area (TPSA) is 3.24 Å². The van der Waals surface area contributed by atoms with Crippen LogP contribution in [0.2, 0.25) is 0 Å². The Balaban J connectivity index is 2.36. The van der Waals surface area contributed by atoms with Crippen LogP contribution in [0.4, 0.5) is 4.39 Å². The molecule has 0 radical (unpaired) electrons. The second kappa shape index (κ2) is 4.40. The van der Waals surface area contributed by atoms with Gasteiger partial charge in [0.05, 0.1) is 0 Å². The van der Waals surface area contributed by atoms with Gasteiger partial charge in [-0.15, -0.1) is 0 Å². The molecular formula is C16H26FN. The third-order valence-electron chi connectivity index (χ3n) is 4.86. The number of rotatable bonds is 2. The molecule has 1 aliphatic heterocycles. The van der Waals surface area contributed by atoms with Crippen molar-refractivity contribution in [3.8, 4) is 0 Å². The fourth-order valence-corrected chi connectivity index (χ4v) is 3.72. The van der Waals surface area contributed by atoms with E-state index >= 15 is 4.39 Å². The summed E-state index contributed by atoms with van der Waals surface area (Å²) in [6, 6.07) is 0.434. The Bertz CT molecular complexity index is 394. The van der Waals surface area contributed by atoms with Crippen molar-refractivity contribution in [1.29, 1.82) is 0 Å². The van der Waals surface area contributed by atoms with E-state index in [-0.39, 0.29) is 11.8 Å². The van der Waals surface area contributed by atoms with E-state index in [1.807, 2.05) is 13.8 Å². The molecule has 0 saturated carbocycles. The van der Waals surface area contributed by atoms with Crippen molar-refractivity contribution in [3.05, 3.63) is 23.5 Å². The summed E-state index contributed by atoms with van der Waals surface area (Å²) in [6.45, 7) is 14.6. The summed E-state index contributed by atoms with van der Waals surface area (Å²) in [5.41, 5.74) is 2.77. The molecule has 0 aromatic heterocycles. The Morgan fingerprint density at radius 1 is 1.33 bits per heavy atom. The first-order valence-corrected chi connectivity index (χ1v) is 7.16. The number of hydrogen-bond donors (Lipinski definition) is 0. The molecule has 0 N–H and O–H groups in total. The molecule has 0 bridgehead atoms. The van der Waals surface area contributed by atoms with Crippen molar-refractivity contribution in [2.24, 2.45) is 11.8 Å². The first-order chi connectivity index (χ1) is 8.29. The summed E-state index contributed by atoms with van der Waals surface area (Å²) in [5, 5.41) is 0. The summed E-state index contributed by atoms with van der Waals surface area (Å²) >= 11 is 0. The van der Waals surface area contributed by atoms with Crippen molar-refractivity contribution in [2.75, 3.05) is 0 Å². The highest BCUT2D eigenvalue weighted by Crippen LogP contribution is 2.51. The highest BCUT2D eigenvalue weighted by Gasteiger charge is 2.47. The molecule has 2 atom stereocenters. The molecule has 0 aromatic rings. The maximum Gasteiger partial charge on any atom is 0.120 e. The van der Waals surface area contributed by atoms with Gasteiger partial charge in [0.15, 0.2) is 0 Å². The Morgan fingerprint density at radius 2 is 1.94 bits per heavy atom. The fourth-order valence-electron chi connectivity index (χ4n) is 3.72. The van der Waals surface area contributed by atoms with Crippen LogP contribution in [-0.2, 0) is 0 Å². The lowest BCUT2D eigenvalue weighted by Crippen LogP contribution is -2.41. The van der Waals surface area contributed by atoms with Gasteiger partial charge in [0.2, 0.25) is 0 Å². The average Bonchev–Trinajstić information content (AvgIpc) is 2.60. The van der Waals surface area contributed by atoms with Crippen LogP contribution < -0.4 is 0 Å². The van der Waals surface area contributed by atoms with Crippen molar-refractivity contribution in [2.45, 2.75) is 65.6 Å². The molecular weight excluding hydrogens is 225 g/mol. The Morgan fingerprint density at radius 3 is 2.44 bits per heavy atom. The minimum absolute atomic E-state index is 0.0294. The van der Waals surface area contributed by atoms with Gasteiger partial charge in [-0.25, -0.2) is 4.39 Å². The van der Waals surface area contributed by atoms with Crippen molar-refractivity contribution >= 4 is 0 Å². The molecule has 1 heterocycles. The van der Waals surface area contributed by atoms with Crippen molar-refractivity contribution < 1.29 is 4.39 Å². The van der Waals surface area contributed by atoms with Gasteiger partial charge in [-0.3, -0.25) is 0 Å². The Kier molecular flexibility index (Phi) is 3.33. The second-order valence-electron chi connectivity index (χ2n) is 6.48. The molecule has 0 aromatic carbocycles. The Hall–Kier alpha value is -0.790. The molecule has 102 valence electrons. The van der Waals surface area contributed by atoms with Crippen LogP contribution in [0.25, 0.3) is 0 Å². The minimum Gasteiger partial charge on any atom is -0.346 e. The van der Waals surface area contributed by atoms with E-state index in [2.05, 4.69) is 32.3 Å². The molecule has 2 aliphatic rings. The van der Waals surface area contributed by atoms with Crippen LogP contribution in [0.3, 0.4) is 0 Å². The summed E-state index contributed by atoms with van der Waals surface area (Å²) in [7, 11) is 0. The maximum absolute atomic E-state index is 15.1. The molecule has 1 aliphatic carbocycles. The van der Waals surface area contributed by atoms with Crippen LogP contribution in [0.15, 0.2) is 23.5 Å². The minimum atomic E-state index is -1.04.